The highest BCUT2D eigenvalue weighted by Crippen LogP contribution is 2.28. The summed E-state index contributed by atoms with van der Waals surface area (Å²) in [5.74, 6) is 0.156. The number of thioether (sulfide) groups is 1. The van der Waals surface area contributed by atoms with Gasteiger partial charge >= 0.3 is 0 Å². The Balaban J connectivity index is 1.32. The summed E-state index contributed by atoms with van der Waals surface area (Å²) < 4.78 is 5.56. The van der Waals surface area contributed by atoms with Crippen LogP contribution in [0.15, 0.2) is 88.8 Å². The molecule has 0 saturated carbocycles. The summed E-state index contributed by atoms with van der Waals surface area (Å²) in [5, 5.41) is 6.12. The van der Waals surface area contributed by atoms with E-state index in [2.05, 4.69) is 15.6 Å². The van der Waals surface area contributed by atoms with Crippen molar-refractivity contribution in [2.45, 2.75) is 6.92 Å². The van der Waals surface area contributed by atoms with Crippen LogP contribution in [0.3, 0.4) is 0 Å². The molecule has 160 valence electrons. The topological polar surface area (TPSA) is 79.8 Å². The van der Waals surface area contributed by atoms with Crippen LogP contribution >= 0.6 is 11.8 Å². The van der Waals surface area contributed by atoms with Crippen molar-refractivity contribution in [1.82, 2.24) is 5.32 Å². The Morgan fingerprint density at radius 3 is 2.47 bits per heavy atom. The quantitative estimate of drug-likeness (QED) is 0.531. The van der Waals surface area contributed by atoms with Gasteiger partial charge in [-0.1, -0.05) is 48.0 Å². The minimum Gasteiger partial charge on any atom is -0.484 e. The van der Waals surface area contributed by atoms with Crippen LogP contribution < -0.4 is 15.4 Å². The zero-order valence-electron chi connectivity index (χ0n) is 17.4. The van der Waals surface area contributed by atoms with Crippen molar-refractivity contribution in [3.05, 3.63) is 94.9 Å². The second-order valence-electron chi connectivity index (χ2n) is 7.09. The fourth-order valence-corrected chi connectivity index (χ4v) is 3.74. The Hall–Kier alpha value is -3.84. The molecule has 0 spiro atoms. The number of anilines is 1. The fourth-order valence-electron chi connectivity index (χ4n) is 2.89. The number of carbonyl (C=O) groups is 2. The van der Waals surface area contributed by atoms with Crippen LogP contribution in [-0.4, -0.2) is 23.6 Å². The number of benzene rings is 3. The van der Waals surface area contributed by atoms with Crippen LogP contribution in [0.4, 0.5) is 11.4 Å². The molecule has 0 bridgehead atoms. The van der Waals surface area contributed by atoms with Gasteiger partial charge in [-0.15, -0.1) is 0 Å². The molecule has 0 radical (unpaired) electrons. The number of nitrogens with zero attached hydrogens (tertiary/aromatic N) is 1. The maximum Gasteiger partial charge on any atom is 0.264 e. The third-order valence-corrected chi connectivity index (χ3v) is 5.43. The van der Waals surface area contributed by atoms with Gasteiger partial charge in [-0.2, -0.15) is 0 Å². The van der Waals surface area contributed by atoms with Gasteiger partial charge in [-0.05, 0) is 66.7 Å². The Kier molecular flexibility index (Phi) is 6.67. The Morgan fingerprint density at radius 1 is 1.03 bits per heavy atom. The van der Waals surface area contributed by atoms with Gasteiger partial charge in [0, 0.05) is 5.69 Å². The first-order chi connectivity index (χ1) is 15.5. The van der Waals surface area contributed by atoms with Crippen molar-refractivity contribution in [2.75, 3.05) is 11.9 Å². The molecule has 4 rings (SSSR count). The van der Waals surface area contributed by atoms with Crippen molar-refractivity contribution < 1.29 is 14.3 Å². The summed E-state index contributed by atoms with van der Waals surface area (Å²) >= 11 is 1.29. The van der Waals surface area contributed by atoms with E-state index in [1.165, 1.54) is 11.8 Å². The minimum atomic E-state index is -0.232. The molecule has 1 aliphatic rings. The summed E-state index contributed by atoms with van der Waals surface area (Å²) in [6, 6.07) is 24.2. The highest BCUT2D eigenvalue weighted by Gasteiger charge is 2.23. The number of ether oxygens (including phenoxy) is 1. The van der Waals surface area contributed by atoms with Crippen LogP contribution in [0.25, 0.3) is 6.08 Å². The van der Waals surface area contributed by atoms with E-state index in [0.29, 0.717) is 15.8 Å². The molecule has 6 nitrogen and oxygen atoms in total. The predicted molar refractivity (Wildman–Crippen MR) is 129 cm³/mol. The summed E-state index contributed by atoms with van der Waals surface area (Å²) in [6.07, 6.45) is 1.79. The first-order valence-electron chi connectivity index (χ1n) is 9.99. The van der Waals surface area contributed by atoms with Crippen molar-refractivity contribution in [2.24, 2.45) is 4.99 Å². The van der Waals surface area contributed by atoms with Crippen molar-refractivity contribution in [3.8, 4) is 5.75 Å². The number of aryl methyl sites for hydroxylation is 1. The SMILES string of the molecule is Cc1ccc(NC(=O)COc2ccc(/C=C3\SC(=Nc4ccccc4)NC3=O)cc2)cc1. The van der Waals surface area contributed by atoms with E-state index in [0.717, 1.165) is 22.5 Å². The summed E-state index contributed by atoms with van der Waals surface area (Å²) in [4.78, 5) is 29.3. The highest BCUT2D eigenvalue weighted by molar-refractivity contribution is 8.18. The number of hydrogen-bond donors (Lipinski definition) is 2. The van der Waals surface area contributed by atoms with Gasteiger partial charge in [-0.3, -0.25) is 9.59 Å². The lowest BCUT2D eigenvalue weighted by Gasteiger charge is -2.08. The summed E-state index contributed by atoms with van der Waals surface area (Å²) in [5.41, 5.74) is 3.49. The average molecular weight is 444 g/mol. The number of aliphatic imine (C=N–C) groups is 1. The molecule has 7 heteroatoms. The van der Waals surface area contributed by atoms with Crippen LogP contribution in [0, 0.1) is 6.92 Å². The van der Waals surface area contributed by atoms with Crippen LogP contribution in [0.2, 0.25) is 0 Å². The molecular formula is C25H21N3O3S. The maximum atomic E-state index is 12.2. The zero-order chi connectivity index (χ0) is 22.3. The van der Waals surface area contributed by atoms with E-state index in [4.69, 9.17) is 4.74 Å². The second-order valence-corrected chi connectivity index (χ2v) is 8.12. The first-order valence-corrected chi connectivity index (χ1v) is 10.8. The molecule has 1 aliphatic heterocycles. The average Bonchev–Trinajstić information content (AvgIpc) is 3.14. The maximum absolute atomic E-state index is 12.2. The van der Waals surface area contributed by atoms with Gasteiger partial charge in [0.05, 0.1) is 10.6 Å². The number of para-hydroxylation sites is 1. The molecule has 3 aromatic rings. The molecule has 0 atom stereocenters. The highest BCUT2D eigenvalue weighted by atomic mass is 32.2. The lowest BCUT2D eigenvalue weighted by molar-refractivity contribution is -0.118. The van der Waals surface area contributed by atoms with E-state index in [-0.39, 0.29) is 18.4 Å². The number of rotatable bonds is 6. The normalized spacial score (nSPS) is 15.6. The Labute approximate surface area is 190 Å². The zero-order valence-corrected chi connectivity index (χ0v) is 18.2. The Bertz CT molecular complexity index is 1170. The molecule has 0 aliphatic carbocycles. The van der Waals surface area contributed by atoms with Gasteiger partial charge in [0.1, 0.15) is 5.75 Å². The third kappa shape index (κ3) is 5.86. The number of hydrogen-bond acceptors (Lipinski definition) is 5. The van der Waals surface area contributed by atoms with Crippen molar-refractivity contribution in [1.29, 1.82) is 0 Å². The molecule has 1 fully saturated rings. The first kappa shape index (κ1) is 21.4. The molecule has 0 unspecified atom stereocenters. The van der Waals surface area contributed by atoms with E-state index >= 15 is 0 Å². The van der Waals surface area contributed by atoms with Crippen LogP contribution in [0.1, 0.15) is 11.1 Å². The van der Waals surface area contributed by atoms with E-state index in [9.17, 15) is 9.59 Å². The lowest BCUT2D eigenvalue weighted by Crippen LogP contribution is -2.20. The molecule has 0 aromatic heterocycles. The lowest BCUT2D eigenvalue weighted by atomic mass is 10.2. The van der Waals surface area contributed by atoms with E-state index in [1.807, 2.05) is 73.7 Å². The standard InChI is InChI=1S/C25H21N3O3S/c1-17-7-11-20(12-8-17)26-23(29)16-31-21-13-9-18(10-14-21)15-22-24(30)28-25(32-22)27-19-5-3-2-4-6-19/h2-15H,16H2,1H3,(H,26,29)(H,27,28,30)/b22-15-. The van der Waals surface area contributed by atoms with Gasteiger partial charge in [0.25, 0.3) is 11.8 Å². The molecule has 1 heterocycles. The van der Waals surface area contributed by atoms with Gasteiger partial charge in [0.2, 0.25) is 0 Å². The van der Waals surface area contributed by atoms with Crippen LogP contribution in [0.5, 0.6) is 5.75 Å². The Morgan fingerprint density at radius 2 is 1.75 bits per heavy atom. The predicted octanol–water partition coefficient (Wildman–Crippen LogP) is 4.90. The molecule has 2 N–H and O–H groups in total. The van der Waals surface area contributed by atoms with E-state index in [1.54, 1.807) is 18.2 Å². The molecule has 3 aromatic carbocycles. The molecule has 2 amide bonds. The minimum absolute atomic E-state index is 0.0914. The van der Waals surface area contributed by atoms with Crippen molar-refractivity contribution in [3.63, 3.8) is 0 Å². The third-order valence-electron chi connectivity index (χ3n) is 4.52. The van der Waals surface area contributed by atoms with Gasteiger partial charge in [0.15, 0.2) is 11.8 Å². The summed E-state index contributed by atoms with van der Waals surface area (Å²) in [7, 11) is 0. The fraction of sp³-hybridized carbons (Fsp3) is 0.0800. The van der Waals surface area contributed by atoms with Gasteiger partial charge in [-0.25, -0.2) is 4.99 Å². The van der Waals surface area contributed by atoms with Crippen LogP contribution in [-0.2, 0) is 9.59 Å². The number of amides is 2. The summed E-state index contributed by atoms with van der Waals surface area (Å²) in [6.45, 7) is 1.90. The molecular weight excluding hydrogens is 422 g/mol. The molecule has 32 heavy (non-hydrogen) atoms. The number of nitrogens with one attached hydrogen (secondary N) is 2. The molecule has 1 saturated heterocycles. The van der Waals surface area contributed by atoms with Gasteiger partial charge < -0.3 is 15.4 Å². The number of amidine groups is 1. The van der Waals surface area contributed by atoms with E-state index < -0.39 is 0 Å². The second kappa shape index (κ2) is 9.98. The van der Waals surface area contributed by atoms with Crippen molar-refractivity contribution >= 4 is 46.2 Å². The number of carbonyl (C=O) groups excluding carboxylic acids is 2. The largest absolute Gasteiger partial charge is 0.484 e. The smallest absolute Gasteiger partial charge is 0.264 e. The monoisotopic (exact) mass is 443 g/mol.